The van der Waals surface area contributed by atoms with Crippen LogP contribution in [0.15, 0.2) is 0 Å². The normalized spacial score (nSPS) is 14.2. The van der Waals surface area contributed by atoms with E-state index in [4.69, 9.17) is 10.8 Å². The summed E-state index contributed by atoms with van der Waals surface area (Å²) in [7, 11) is 1.65. The second-order valence-corrected chi connectivity index (χ2v) is 3.82. The van der Waals surface area contributed by atoms with Crippen molar-refractivity contribution in [3.8, 4) is 0 Å². The van der Waals surface area contributed by atoms with Crippen LogP contribution in [-0.2, 0) is 4.79 Å². The molecule has 0 aliphatic heterocycles. The van der Waals surface area contributed by atoms with Crippen molar-refractivity contribution in [3.05, 3.63) is 0 Å². The van der Waals surface area contributed by atoms with Crippen molar-refractivity contribution in [1.29, 1.82) is 0 Å². The molecule has 0 bridgehead atoms. The van der Waals surface area contributed by atoms with Gasteiger partial charge in [-0.3, -0.25) is 4.79 Å². The molecule has 0 aromatic heterocycles. The molecule has 4 nitrogen and oxygen atoms in total. The van der Waals surface area contributed by atoms with Gasteiger partial charge in [-0.25, -0.2) is 0 Å². The summed E-state index contributed by atoms with van der Waals surface area (Å²) < 4.78 is 0. The number of rotatable bonds is 2. The number of carbonyl (C=O) groups is 1. The SMILES string of the molecule is CN(C(=O)C(O)CN)C(C)(C)C. The standard InChI is InChI=1S/C8H18N2O2/c1-8(2,3)10(4)7(12)6(11)5-9/h6,11H,5,9H2,1-4H3. The molecule has 0 fully saturated rings. The van der Waals surface area contributed by atoms with Gasteiger partial charge >= 0.3 is 0 Å². The number of likely N-dealkylation sites (N-methyl/N-ethyl adjacent to an activating group) is 1. The first-order valence-corrected chi connectivity index (χ1v) is 3.96. The average Bonchev–Trinajstić information content (AvgIpc) is 1.98. The van der Waals surface area contributed by atoms with E-state index in [1.165, 1.54) is 4.90 Å². The van der Waals surface area contributed by atoms with Gasteiger partial charge in [0.2, 0.25) is 0 Å². The van der Waals surface area contributed by atoms with E-state index in [0.717, 1.165) is 0 Å². The molecule has 0 radical (unpaired) electrons. The molecule has 1 atom stereocenters. The summed E-state index contributed by atoms with van der Waals surface area (Å²) in [5, 5.41) is 9.14. The fourth-order valence-corrected chi connectivity index (χ4v) is 0.655. The second-order valence-electron chi connectivity index (χ2n) is 3.82. The Hall–Kier alpha value is -0.610. The number of amides is 1. The van der Waals surface area contributed by atoms with Crippen LogP contribution in [0.3, 0.4) is 0 Å². The van der Waals surface area contributed by atoms with E-state index in [9.17, 15) is 4.79 Å². The van der Waals surface area contributed by atoms with Crippen molar-refractivity contribution in [1.82, 2.24) is 4.90 Å². The number of nitrogens with two attached hydrogens (primary N) is 1. The van der Waals surface area contributed by atoms with Gasteiger partial charge in [0.15, 0.2) is 0 Å². The quantitative estimate of drug-likeness (QED) is 0.596. The Kier molecular flexibility index (Phi) is 3.67. The molecule has 1 unspecified atom stereocenters. The lowest BCUT2D eigenvalue weighted by Gasteiger charge is -2.33. The number of aliphatic hydroxyl groups excluding tert-OH is 1. The molecule has 0 rings (SSSR count). The molecule has 0 saturated heterocycles. The Morgan fingerprint density at radius 2 is 2.00 bits per heavy atom. The zero-order valence-corrected chi connectivity index (χ0v) is 8.16. The van der Waals surface area contributed by atoms with Gasteiger partial charge in [-0.05, 0) is 20.8 Å². The minimum Gasteiger partial charge on any atom is -0.382 e. The molecule has 0 aliphatic rings. The molecule has 0 aromatic rings. The lowest BCUT2D eigenvalue weighted by atomic mass is 10.1. The zero-order chi connectivity index (χ0) is 9.94. The van der Waals surface area contributed by atoms with Crippen molar-refractivity contribution in [2.24, 2.45) is 5.73 Å². The largest absolute Gasteiger partial charge is 0.382 e. The molecule has 72 valence electrons. The summed E-state index contributed by atoms with van der Waals surface area (Å²) in [6, 6.07) is 0. The molecule has 0 spiro atoms. The predicted molar refractivity (Wildman–Crippen MR) is 47.6 cm³/mol. The summed E-state index contributed by atoms with van der Waals surface area (Å²) in [6.07, 6.45) is -1.07. The maximum absolute atomic E-state index is 11.3. The van der Waals surface area contributed by atoms with E-state index >= 15 is 0 Å². The second kappa shape index (κ2) is 3.87. The molecule has 12 heavy (non-hydrogen) atoms. The van der Waals surface area contributed by atoms with Crippen LogP contribution in [-0.4, -0.2) is 41.1 Å². The van der Waals surface area contributed by atoms with Gasteiger partial charge in [0.1, 0.15) is 6.10 Å². The van der Waals surface area contributed by atoms with Crippen LogP contribution in [0.4, 0.5) is 0 Å². The lowest BCUT2D eigenvalue weighted by Crippen LogP contribution is -2.49. The number of carbonyl (C=O) groups excluding carboxylic acids is 1. The molecular formula is C8H18N2O2. The molecule has 0 aliphatic carbocycles. The fourth-order valence-electron chi connectivity index (χ4n) is 0.655. The van der Waals surface area contributed by atoms with Crippen molar-refractivity contribution >= 4 is 5.91 Å². The van der Waals surface area contributed by atoms with E-state index in [-0.39, 0.29) is 18.0 Å². The highest BCUT2D eigenvalue weighted by atomic mass is 16.3. The number of hydrogen-bond acceptors (Lipinski definition) is 3. The smallest absolute Gasteiger partial charge is 0.252 e. The van der Waals surface area contributed by atoms with E-state index in [2.05, 4.69) is 0 Å². The van der Waals surface area contributed by atoms with E-state index in [1.807, 2.05) is 20.8 Å². The molecule has 0 aromatic carbocycles. The van der Waals surface area contributed by atoms with E-state index < -0.39 is 6.10 Å². The molecule has 3 N–H and O–H groups in total. The van der Waals surface area contributed by atoms with Crippen LogP contribution in [0.1, 0.15) is 20.8 Å². The highest BCUT2D eigenvalue weighted by Crippen LogP contribution is 2.11. The molecule has 0 saturated carbocycles. The van der Waals surface area contributed by atoms with Crippen LogP contribution in [0.5, 0.6) is 0 Å². The third-order valence-electron chi connectivity index (χ3n) is 1.85. The van der Waals surface area contributed by atoms with Crippen LogP contribution >= 0.6 is 0 Å². The minimum absolute atomic E-state index is 0.0285. The zero-order valence-electron chi connectivity index (χ0n) is 8.16. The minimum atomic E-state index is -1.07. The molecular weight excluding hydrogens is 156 g/mol. The van der Waals surface area contributed by atoms with Gasteiger partial charge in [0.05, 0.1) is 0 Å². The van der Waals surface area contributed by atoms with Gasteiger partial charge in [0.25, 0.3) is 5.91 Å². The monoisotopic (exact) mass is 174 g/mol. The van der Waals surface area contributed by atoms with Crippen molar-refractivity contribution < 1.29 is 9.90 Å². The van der Waals surface area contributed by atoms with Gasteiger partial charge in [-0.2, -0.15) is 0 Å². The Morgan fingerprint density at radius 3 is 2.25 bits per heavy atom. The first-order valence-electron chi connectivity index (χ1n) is 3.96. The third-order valence-corrected chi connectivity index (χ3v) is 1.85. The van der Waals surface area contributed by atoms with Gasteiger partial charge < -0.3 is 15.7 Å². The van der Waals surface area contributed by atoms with Gasteiger partial charge in [0, 0.05) is 19.1 Å². The summed E-state index contributed by atoms with van der Waals surface area (Å²) in [5.41, 5.74) is 4.89. The summed E-state index contributed by atoms with van der Waals surface area (Å²) in [4.78, 5) is 12.8. The fraction of sp³-hybridized carbons (Fsp3) is 0.875. The molecule has 4 heteroatoms. The number of nitrogens with zero attached hydrogens (tertiary/aromatic N) is 1. The maximum atomic E-state index is 11.3. The Balaban J connectivity index is 4.30. The topological polar surface area (TPSA) is 66.6 Å². The predicted octanol–water partition coefficient (Wildman–Crippen LogP) is -0.437. The van der Waals surface area contributed by atoms with Gasteiger partial charge in [-0.15, -0.1) is 0 Å². The lowest BCUT2D eigenvalue weighted by molar-refractivity contribution is -0.142. The number of hydrogen-bond donors (Lipinski definition) is 2. The third kappa shape index (κ3) is 2.79. The van der Waals surface area contributed by atoms with Crippen molar-refractivity contribution in [2.75, 3.05) is 13.6 Å². The van der Waals surface area contributed by atoms with Crippen LogP contribution in [0, 0.1) is 0 Å². The Bertz CT molecular complexity index is 163. The Labute approximate surface area is 73.3 Å². The summed E-state index contributed by atoms with van der Waals surface area (Å²) in [5.74, 6) is -0.329. The van der Waals surface area contributed by atoms with Gasteiger partial charge in [-0.1, -0.05) is 0 Å². The molecule has 1 amide bonds. The number of aliphatic hydroxyl groups is 1. The van der Waals surface area contributed by atoms with Crippen LogP contribution in [0.2, 0.25) is 0 Å². The van der Waals surface area contributed by atoms with E-state index in [1.54, 1.807) is 7.05 Å². The first-order chi connectivity index (χ1) is 5.30. The summed E-state index contributed by atoms with van der Waals surface area (Å²) in [6.45, 7) is 5.66. The highest BCUT2D eigenvalue weighted by Gasteiger charge is 2.26. The van der Waals surface area contributed by atoms with E-state index in [0.29, 0.717) is 0 Å². The van der Waals surface area contributed by atoms with Crippen LogP contribution < -0.4 is 5.73 Å². The van der Waals surface area contributed by atoms with Crippen LogP contribution in [0.25, 0.3) is 0 Å². The van der Waals surface area contributed by atoms with Crippen molar-refractivity contribution in [3.63, 3.8) is 0 Å². The summed E-state index contributed by atoms with van der Waals surface area (Å²) >= 11 is 0. The molecule has 0 heterocycles. The Morgan fingerprint density at radius 1 is 1.58 bits per heavy atom. The van der Waals surface area contributed by atoms with Crippen molar-refractivity contribution in [2.45, 2.75) is 32.4 Å². The maximum Gasteiger partial charge on any atom is 0.252 e. The first kappa shape index (κ1) is 11.4. The average molecular weight is 174 g/mol. The highest BCUT2D eigenvalue weighted by molar-refractivity contribution is 5.81.